The molecule has 2 N–H and O–H groups in total. The second kappa shape index (κ2) is 9.92. The fourth-order valence-electron chi connectivity index (χ4n) is 4.30. The van der Waals surface area contributed by atoms with Crippen molar-refractivity contribution in [1.29, 1.82) is 0 Å². The zero-order chi connectivity index (χ0) is 21.7. The molecular formula is C26H34N2O2. The van der Waals surface area contributed by atoms with Crippen molar-refractivity contribution in [3.05, 3.63) is 57.6 Å². The van der Waals surface area contributed by atoms with Gasteiger partial charge < -0.3 is 10.2 Å². The molecule has 160 valence electrons. The first-order valence-corrected chi connectivity index (χ1v) is 11.1. The molecule has 2 aromatic rings. The van der Waals surface area contributed by atoms with E-state index in [4.69, 9.17) is 9.98 Å². The van der Waals surface area contributed by atoms with Crippen molar-refractivity contribution in [2.75, 3.05) is 0 Å². The maximum absolute atomic E-state index is 10.5. The summed E-state index contributed by atoms with van der Waals surface area (Å²) in [5, 5.41) is 21.0. The Morgan fingerprint density at radius 2 is 1.17 bits per heavy atom. The van der Waals surface area contributed by atoms with Crippen LogP contribution in [0.5, 0.6) is 11.5 Å². The minimum absolute atomic E-state index is 0.0950. The summed E-state index contributed by atoms with van der Waals surface area (Å²) in [4.78, 5) is 9.67. The van der Waals surface area contributed by atoms with Gasteiger partial charge in [0.1, 0.15) is 11.5 Å². The van der Waals surface area contributed by atoms with E-state index in [0.717, 1.165) is 71.9 Å². The van der Waals surface area contributed by atoms with Gasteiger partial charge in [-0.1, -0.05) is 38.8 Å². The van der Waals surface area contributed by atoms with Crippen molar-refractivity contribution in [3.8, 4) is 11.5 Å². The Morgan fingerprint density at radius 3 is 1.53 bits per heavy atom. The number of aryl methyl sites for hydroxylation is 4. The van der Waals surface area contributed by atoms with Gasteiger partial charge >= 0.3 is 0 Å². The van der Waals surface area contributed by atoms with E-state index < -0.39 is 0 Å². The first-order valence-electron chi connectivity index (χ1n) is 11.1. The molecule has 0 saturated heterocycles. The second-order valence-electron chi connectivity index (χ2n) is 8.41. The average Bonchev–Trinajstić information content (AvgIpc) is 2.74. The fraction of sp³-hybridized carbons (Fsp3) is 0.462. The topological polar surface area (TPSA) is 65.2 Å². The number of phenolic OH excluding ortho intramolecular Hbond substituents is 2. The van der Waals surface area contributed by atoms with Crippen molar-refractivity contribution in [1.82, 2.24) is 0 Å². The summed E-state index contributed by atoms with van der Waals surface area (Å²) in [6.07, 6.45) is 9.50. The predicted octanol–water partition coefficient (Wildman–Crippen LogP) is 5.69. The lowest BCUT2D eigenvalue weighted by atomic mass is 9.91. The van der Waals surface area contributed by atoms with Gasteiger partial charge in [-0.25, -0.2) is 0 Å². The van der Waals surface area contributed by atoms with Crippen molar-refractivity contribution in [3.63, 3.8) is 0 Å². The van der Waals surface area contributed by atoms with Crippen LogP contribution in [0.4, 0.5) is 0 Å². The molecule has 0 aliphatic heterocycles. The van der Waals surface area contributed by atoms with E-state index >= 15 is 0 Å². The summed E-state index contributed by atoms with van der Waals surface area (Å²) >= 11 is 0. The molecule has 4 nitrogen and oxygen atoms in total. The smallest absolute Gasteiger partial charge is 0.127 e. The molecule has 2 atom stereocenters. The van der Waals surface area contributed by atoms with Crippen LogP contribution in [0.15, 0.2) is 34.3 Å². The molecule has 1 aliphatic carbocycles. The van der Waals surface area contributed by atoms with Gasteiger partial charge in [0.25, 0.3) is 0 Å². The molecule has 1 aliphatic rings. The van der Waals surface area contributed by atoms with E-state index in [1.54, 1.807) is 0 Å². The number of nitrogens with zero attached hydrogens (tertiary/aromatic N) is 2. The van der Waals surface area contributed by atoms with Gasteiger partial charge in [-0.2, -0.15) is 0 Å². The molecule has 0 radical (unpaired) electrons. The van der Waals surface area contributed by atoms with Crippen molar-refractivity contribution >= 4 is 12.4 Å². The van der Waals surface area contributed by atoms with E-state index in [-0.39, 0.29) is 12.1 Å². The molecule has 0 heterocycles. The quantitative estimate of drug-likeness (QED) is 0.605. The van der Waals surface area contributed by atoms with Crippen molar-refractivity contribution < 1.29 is 10.2 Å². The lowest BCUT2D eigenvalue weighted by Gasteiger charge is -2.25. The molecule has 0 bridgehead atoms. The van der Waals surface area contributed by atoms with Crippen LogP contribution in [-0.4, -0.2) is 34.7 Å². The third-order valence-corrected chi connectivity index (χ3v) is 5.99. The summed E-state index contributed by atoms with van der Waals surface area (Å²) in [6.45, 7) is 8.18. The lowest BCUT2D eigenvalue weighted by Crippen LogP contribution is -2.27. The Bertz CT molecular complexity index is 869. The first kappa shape index (κ1) is 22.1. The maximum Gasteiger partial charge on any atom is 0.127 e. The van der Waals surface area contributed by atoms with Crippen LogP contribution in [0.2, 0.25) is 0 Å². The molecule has 3 rings (SSSR count). The van der Waals surface area contributed by atoms with Crippen LogP contribution >= 0.6 is 0 Å². The minimum Gasteiger partial charge on any atom is -0.507 e. The molecular weight excluding hydrogens is 372 g/mol. The minimum atomic E-state index is 0.0950. The molecule has 0 aromatic heterocycles. The number of hydrogen-bond acceptors (Lipinski definition) is 4. The van der Waals surface area contributed by atoms with Gasteiger partial charge in [0.05, 0.1) is 12.1 Å². The number of aliphatic imine (C=N–C) groups is 2. The number of benzene rings is 2. The second-order valence-corrected chi connectivity index (χ2v) is 8.41. The van der Waals surface area contributed by atoms with Crippen LogP contribution < -0.4 is 0 Å². The van der Waals surface area contributed by atoms with Gasteiger partial charge in [-0.15, -0.1) is 0 Å². The fourth-order valence-corrected chi connectivity index (χ4v) is 4.30. The molecule has 30 heavy (non-hydrogen) atoms. The summed E-state index contributed by atoms with van der Waals surface area (Å²) in [5.41, 5.74) is 5.73. The first-order chi connectivity index (χ1) is 14.4. The molecule has 1 saturated carbocycles. The molecule has 2 aromatic carbocycles. The van der Waals surface area contributed by atoms with Crippen LogP contribution in [0.25, 0.3) is 0 Å². The molecule has 4 heteroatoms. The van der Waals surface area contributed by atoms with Gasteiger partial charge in [0.2, 0.25) is 0 Å². The summed E-state index contributed by atoms with van der Waals surface area (Å²) in [6, 6.07) is 8.21. The molecule has 2 unspecified atom stereocenters. The Morgan fingerprint density at radius 1 is 0.767 bits per heavy atom. The maximum atomic E-state index is 10.5. The number of rotatable bonds is 6. The van der Waals surface area contributed by atoms with Crippen LogP contribution in [-0.2, 0) is 12.8 Å². The number of aromatic hydroxyl groups is 2. The highest BCUT2D eigenvalue weighted by atomic mass is 16.3. The number of phenols is 2. The molecule has 0 amide bonds. The summed E-state index contributed by atoms with van der Waals surface area (Å²) < 4.78 is 0. The Kier molecular flexibility index (Phi) is 7.30. The van der Waals surface area contributed by atoms with Gasteiger partial charge in [0.15, 0.2) is 0 Å². The van der Waals surface area contributed by atoms with E-state index in [2.05, 4.69) is 0 Å². The van der Waals surface area contributed by atoms with Gasteiger partial charge in [0, 0.05) is 23.6 Å². The van der Waals surface area contributed by atoms with E-state index in [1.807, 2.05) is 64.4 Å². The highest BCUT2D eigenvalue weighted by molar-refractivity contribution is 5.85. The Labute approximate surface area is 180 Å². The van der Waals surface area contributed by atoms with E-state index in [9.17, 15) is 10.2 Å². The third kappa shape index (κ3) is 5.10. The van der Waals surface area contributed by atoms with Crippen molar-refractivity contribution in [2.45, 2.75) is 78.3 Å². The molecule has 1 fully saturated rings. The highest BCUT2D eigenvalue weighted by Gasteiger charge is 2.23. The highest BCUT2D eigenvalue weighted by Crippen LogP contribution is 2.28. The predicted molar refractivity (Wildman–Crippen MR) is 126 cm³/mol. The lowest BCUT2D eigenvalue weighted by molar-refractivity contribution is 0.390. The average molecular weight is 407 g/mol. The molecule has 0 spiro atoms. The van der Waals surface area contributed by atoms with E-state index in [0.29, 0.717) is 11.5 Å². The largest absolute Gasteiger partial charge is 0.507 e. The van der Waals surface area contributed by atoms with Crippen molar-refractivity contribution in [2.24, 2.45) is 9.98 Å². The normalized spacial score (nSPS) is 19.7. The van der Waals surface area contributed by atoms with Crippen LogP contribution in [0.3, 0.4) is 0 Å². The van der Waals surface area contributed by atoms with Gasteiger partial charge in [-0.05, 0) is 73.9 Å². The summed E-state index contributed by atoms with van der Waals surface area (Å²) in [5.74, 6) is 0.666. The van der Waals surface area contributed by atoms with Crippen LogP contribution in [0, 0.1) is 13.8 Å². The summed E-state index contributed by atoms with van der Waals surface area (Å²) in [7, 11) is 0. The van der Waals surface area contributed by atoms with E-state index in [1.165, 1.54) is 0 Å². The standard InChI is InChI=1S/C26H34N2O2/c1-5-19-11-17(3)13-21(25(19)29)15-27-23-9-7-8-10-24(23)28-16-22-14-18(4)12-20(6-2)26(22)30/h11-16,23-24,29-30H,5-10H2,1-4H3. The van der Waals surface area contributed by atoms with Gasteiger partial charge in [-0.3, -0.25) is 9.98 Å². The van der Waals surface area contributed by atoms with Crippen LogP contribution in [0.1, 0.15) is 72.9 Å². The Hall–Kier alpha value is -2.62. The zero-order valence-corrected chi connectivity index (χ0v) is 18.7. The Balaban J connectivity index is 1.83. The monoisotopic (exact) mass is 406 g/mol. The SMILES string of the molecule is CCc1cc(C)cc(C=NC2CCCCC2N=Cc2cc(C)cc(CC)c2O)c1O. The third-order valence-electron chi connectivity index (χ3n) is 5.99. The zero-order valence-electron chi connectivity index (χ0n) is 18.7. The number of hydrogen-bond donors (Lipinski definition) is 2.